The van der Waals surface area contributed by atoms with Crippen LogP contribution >= 0.6 is 11.3 Å². The molecule has 2 aromatic rings. The zero-order chi connectivity index (χ0) is 14.9. The zero-order valence-corrected chi connectivity index (χ0v) is 14.1. The molecule has 1 N–H and O–H groups in total. The number of nitrogens with one attached hydrogen (secondary N) is 1. The second kappa shape index (κ2) is 6.00. The maximum atomic E-state index is 4.62. The molecule has 4 heteroatoms. The predicted molar refractivity (Wildman–Crippen MR) is 87.9 cm³/mol. The summed E-state index contributed by atoms with van der Waals surface area (Å²) in [6.45, 7) is 14.0. The minimum atomic E-state index is 0.316. The van der Waals surface area contributed by atoms with Gasteiger partial charge in [-0.1, -0.05) is 13.8 Å². The van der Waals surface area contributed by atoms with Gasteiger partial charge < -0.3 is 9.88 Å². The molecule has 0 amide bonds. The van der Waals surface area contributed by atoms with Gasteiger partial charge in [0.25, 0.3) is 0 Å². The minimum absolute atomic E-state index is 0.316. The molecule has 2 aromatic heterocycles. The molecule has 0 aliphatic heterocycles. The van der Waals surface area contributed by atoms with Crippen molar-refractivity contribution >= 4 is 17.3 Å². The van der Waals surface area contributed by atoms with Crippen LogP contribution in [0.1, 0.15) is 47.8 Å². The third kappa shape index (κ3) is 3.23. The molecule has 110 valence electrons. The summed E-state index contributed by atoms with van der Waals surface area (Å²) < 4.78 is 2.26. The smallest absolute Gasteiger partial charge is 0.203 e. The van der Waals surface area contributed by atoms with Crippen LogP contribution < -0.4 is 5.32 Å². The Labute approximate surface area is 126 Å². The quantitative estimate of drug-likeness (QED) is 0.876. The van der Waals surface area contributed by atoms with E-state index in [1.807, 2.05) is 11.3 Å². The number of aromatic nitrogens is 2. The van der Waals surface area contributed by atoms with Crippen molar-refractivity contribution in [3.63, 3.8) is 0 Å². The number of imidazole rings is 1. The molecule has 0 saturated heterocycles. The number of aryl methyl sites for hydroxylation is 3. The average Bonchev–Trinajstić information content (AvgIpc) is 2.88. The molecule has 20 heavy (non-hydrogen) atoms. The van der Waals surface area contributed by atoms with Gasteiger partial charge in [-0.2, -0.15) is 0 Å². The molecule has 3 nitrogen and oxygen atoms in total. The summed E-state index contributed by atoms with van der Waals surface area (Å²) in [6.07, 6.45) is 2.14. The van der Waals surface area contributed by atoms with Crippen molar-refractivity contribution in [2.45, 2.75) is 47.6 Å². The molecule has 0 saturated carbocycles. The molecule has 2 rings (SSSR count). The molecular formula is C16H25N3S. The lowest BCUT2D eigenvalue weighted by molar-refractivity contribution is 0.627. The van der Waals surface area contributed by atoms with Gasteiger partial charge in [0.1, 0.15) is 0 Å². The number of hydrogen-bond acceptors (Lipinski definition) is 3. The maximum absolute atomic E-state index is 4.62. The van der Waals surface area contributed by atoms with Gasteiger partial charge in [0, 0.05) is 22.5 Å². The van der Waals surface area contributed by atoms with E-state index in [9.17, 15) is 0 Å². The first-order chi connectivity index (χ1) is 9.38. The lowest BCUT2D eigenvalue weighted by Gasteiger charge is -2.18. The van der Waals surface area contributed by atoms with Gasteiger partial charge in [-0.25, -0.2) is 4.98 Å². The van der Waals surface area contributed by atoms with Crippen molar-refractivity contribution in [3.8, 4) is 0 Å². The SMILES string of the molecule is Cc1cn(C(C)c2cc(C)sc2C)c(NCC(C)C)n1. The van der Waals surface area contributed by atoms with Gasteiger partial charge in [0.15, 0.2) is 0 Å². The molecule has 0 aliphatic carbocycles. The Morgan fingerprint density at radius 2 is 1.95 bits per heavy atom. The van der Waals surface area contributed by atoms with E-state index in [0.29, 0.717) is 12.0 Å². The van der Waals surface area contributed by atoms with E-state index >= 15 is 0 Å². The van der Waals surface area contributed by atoms with E-state index in [1.54, 1.807) is 0 Å². The molecule has 1 atom stereocenters. The van der Waals surface area contributed by atoms with Crippen LogP contribution in [0.3, 0.4) is 0 Å². The third-order valence-corrected chi connectivity index (χ3v) is 4.45. The number of hydrogen-bond donors (Lipinski definition) is 1. The number of thiophene rings is 1. The monoisotopic (exact) mass is 291 g/mol. The highest BCUT2D eigenvalue weighted by Gasteiger charge is 2.17. The molecule has 2 heterocycles. The van der Waals surface area contributed by atoms with Crippen LogP contribution in [0.5, 0.6) is 0 Å². The Morgan fingerprint density at radius 1 is 1.25 bits per heavy atom. The molecule has 0 bridgehead atoms. The summed E-state index contributed by atoms with van der Waals surface area (Å²) in [7, 11) is 0. The van der Waals surface area contributed by atoms with Crippen molar-refractivity contribution in [2.75, 3.05) is 11.9 Å². The fourth-order valence-electron chi connectivity index (χ4n) is 2.45. The lowest BCUT2D eigenvalue weighted by Crippen LogP contribution is -2.15. The maximum Gasteiger partial charge on any atom is 0.203 e. The Bertz CT molecular complexity index is 581. The first-order valence-electron chi connectivity index (χ1n) is 7.24. The van der Waals surface area contributed by atoms with Crippen LogP contribution in [-0.2, 0) is 0 Å². The Balaban J connectivity index is 2.29. The van der Waals surface area contributed by atoms with Crippen LogP contribution in [0.25, 0.3) is 0 Å². The van der Waals surface area contributed by atoms with Gasteiger partial charge in [0.2, 0.25) is 5.95 Å². The molecule has 1 unspecified atom stereocenters. The van der Waals surface area contributed by atoms with Gasteiger partial charge in [-0.15, -0.1) is 11.3 Å². The Hall–Kier alpha value is -1.29. The standard InChI is InChI=1S/C16H25N3S/c1-10(2)8-17-16-18-11(3)9-19(16)13(5)15-7-12(4)20-14(15)6/h7,9-10,13H,8H2,1-6H3,(H,17,18). The topological polar surface area (TPSA) is 29.9 Å². The average molecular weight is 291 g/mol. The van der Waals surface area contributed by atoms with Gasteiger partial charge in [-0.05, 0) is 45.2 Å². The fourth-order valence-corrected chi connectivity index (χ4v) is 3.47. The number of nitrogens with zero attached hydrogens (tertiary/aromatic N) is 2. The molecule has 0 aromatic carbocycles. The van der Waals surface area contributed by atoms with E-state index in [4.69, 9.17) is 0 Å². The third-order valence-electron chi connectivity index (χ3n) is 3.47. The van der Waals surface area contributed by atoms with Crippen molar-refractivity contribution < 1.29 is 0 Å². The largest absolute Gasteiger partial charge is 0.355 e. The number of anilines is 1. The molecule has 0 spiro atoms. The summed E-state index contributed by atoms with van der Waals surface area (Å²) in [5.41, 5.74) is 2.46. The highest BCUT2D eigenvalue weighted by atomic mass is 32.1. The van der Waals surface area contributed by atoms with E-state index in [1.165, 1.54) is 15.3 Å². The van der Waals surface area contributed by atoms with Gasteiger partial charge in [-0.3, -0.25) is 0 Å². The molecular weight excluding hydrogens is 266 g/mol. The molecule has 0 fully saturated rings. The van der Waals surface area contributed by atoms with Crippen molar-refractivity contribution in [3.05, 3.63) is 33.3 Å². The molecule has 0 radical (unpaired) electrons. The summed E-state index contributed by atoms with van der Waals surface area (Å²) in [6, 6.07) is 2.61. The summed E-state index contributed by atoms with van der Waals surface area (Å²) in [5, 5.41) is 3.47. The molecule has 0 aliphatic rings. The minimum Gasteiger partial charge on any atom is -0.355 e. The Kier molecular flexibility index (Phi) is 4.53. The summed E-state index contributed by atoms with van der Waals surface area (Å²) >= 11 is 1.87. The fraction of sp³-hybridized carbons (Fsp3) is 0.562. The highest BCUT2D eigenvalue weighted by Crippen LogP contribution is 2.30. The van der Waals surface area contributed by atoms with Crippen LogP contribution in [-0.4, -0.2) is 16.1 Å². The van der Waals surface area contributed by atoms with Crippen LogP contribution in [0, 0.1) is 26.7 Å². The van der Waals surface area contributed by atoms with E-state index in [0.717, 1.165) is 18.2 Å². The zero-order valence-electron chi connectivity index (χ0n) is 13.3. The second-order valence-corrected chi connectivity index (χ2v) is 7.39. The highest BCUT2D eigenvalue weighted by molar-refractivity contribution is 7.12. The van der Waals surface area contributed by atoms with Crippen molar-refractivity contribution in [1.82, 2.24) is 9.55 Å². The van der Waals surface area contributed by atoms with Crippen LogP contribution in [0.15, 0.2) is 12.3 Å². The van der Waals surface area contributed by atoms with E-state index in [2.05, 4.69) is 68.7 Å². The van der Waals surface area contributed by atoms with E-state index in [-0.39, 0.29) is 0 Å². The van der Waals surface area contributed by atoms with Gasteiger partial charge >= 0.3 is 0 Å². The Morgan fingerprint density at radius 3 is 2.50 bits per heavy atom. The van der Waals surface area contributed by atoms with Crippen molar-refractivity contribution in [2.24, 2.45) is 5.92 Å². The number of rotatable bonds is 5. The summed E-state index contributed by atoms with van der Waals surface area (Å²) in [5.74, 6) is 1.59. The summed E-state index contributed by atoms with van der Waals surface area (Å²) in [4.78, 5) is 7.39. The van der Waals surface area contributed by atoms with Gasteiger partial charge in [0.05, 0.1) is 11.7 Å². The normalized spacial score (nSPS) is 12.9. The lowest BCUT2D eigenvalue weighted by atomic mass is 10.1. The first-order valence-corrected chi connectivity index (χ1v) is 8.06. The van der Waals surface area contributed by atoms with E-state index < -0.39 is 0 Å². The van der Waals surface area contributed by atoms with Crippen LogP contribution in [0.2, 0.25) is 0 Å². The predicted octanol–water partition coefficient (Wildman–Crippen LogP) is 4.55. The first kappa shape index (κ1) is 15.1. The van der Waals surface area contributed by atoms with Crippen molar-refractivity contribution in [1.29, 1.82) is 0 Å². The second-order valence-electron chi connectivity index (χ2n) is 5.93. The van der Waals surface area contributed by atoms with Crippen LogP contribution in [0.4, 0.5) is 5.95 Å².